The fraction of sp³-hybridized carbons (Fsp3) is 0.571. The van der Waals surface area contributed by atoms with Gasteiger partial charge in [0, 0.05) is 39.0 Å². The van der Waals surface area contributed by atoms with Gasteiger partial charge in [0.25, 0.3) is 11.8 Å². The van der Waals surface area contributed by atoms with Crippen molar-refractivity contribution < 1.29 is 14.3 Å². The summed E-state index contributed by atoms with van der Waals surface area (Å²) in [4.78, 5) is 30.9. The zero-order valence-corrected chi connectivity index (χ0v) is 11.4. The number of carbonyl (C=O) groups excluding carboxylic acids is 2. The minimum atomic E-state index is -0.263. The number of nitrogens with zero attached hydrogens (tertiary/aromatic N) is 2. The van der Waals surface area contributed by atoms with Crippen LogP contribution in [0.2, 0.25) is 0 Å². The van der Waals surface area contributed by atoms with Gasteiger partial charge >= 0.3 is 0 Å². The summed E-state index contributed by atoms with van der Waals surface area (Å²) in [6, 6.07) is 3.58. The topological polar surface area (TPSA) is 65.6 Å². The first-order chi connectivity index (χ1) is 9.75. The van der Waals surface area contributed by atoms with Gasteiger partial charge in [-0.05, 0) is 25.0 Å². The van der Waals surface area contributed by atoms with E-state index in [9.17, 15) is 9.59 Å². The summed E-state index contributed by atoms with van der Waals surface area (Å²) < 4.78 is 5.42. The summed E-state index contributed by atoms with van der Waals surface area (Å²) in [6.45, 7) is 3.02. The molecule has 1 aromatic heterocycles. The van der Waals surface area contributed by atoms with E-state index in [0.717, 1.165) is 12.8 Å². The van der Waals surface area contributed by atoms with Crippen molar-refractivity contribution in [1.82, 2.24) is 14.8 Å². The summed E-state index contributed by atoms with van der Waals surface area (Å²) >= 11 is 0. The second-order valence-corrected chi connectivity index (χ2v) is 5.20. The Balaban J connectivity index is 1.54. The fourth-order valence-corrected chi connectivity index (χ4v) is 2.74. The highest BCUT2D eigenvalue weighted by atomic mass is 16.5. The number of rotatable bonds is 2. The lowest BCUT2D eigenvalue weighted by molar-refractivity contribution is -0.142. The molecule has 0 radical (unpaired) electrons. The molecule has 2 aliphatic heterocycles. The highest BCUT2D eigenvalue weighted by Crippen LogP contribution is 2.16. The SMILES string of the molecule is O=C(c1ccc[nH]1)N1CCN(C(=O)C2CCCO2)CC1. The zero-order valence-electron chi connectivity index (χ0n) is 11.4. The van der Waals surface area contributed by atoms with E-state index in [1.54, 1.807) is 17.2 Å². The minimum absolute atomic E-state index is 0.000727. The van der Waals surface area contributed by atoms with Crippen molar-refractivity contribution in [3.63, 3.8) is 0 Å². The Morgan fingerprint density at radius 2 is 1.95 bits per heavy atom. The summed E-state index contributed by atoms with van der Waals surface area (Å²) in [5, 5.41) is 0. The summed E-state index contributed by atoms with van der Waals surface area (Å²) in [5.41, 5.74) is 0.601. The number of hydrogen-bond donors (Lipinski definition) is 1. The van der Waals surface area contributed by atoms with E-state index >= 15 is 0 Å². The van der Waals surface area contributed by atoms with Crippen molar-refractivity contribution in [3.8, 4) is 0 Å². The molecule has 0 bridgehead atoms. The maximum Gasteiger partial charge on any atom is 0.270 e. The largest absolute Gasteiger partial charge is 0.368 e. The molecule has 2 saturated heterocycles. The van der Waals surface area contributed by atoms with Crippen LogP contribution in [0.3, 0.4) is 0 Å². The smallest absolute Gasteiger partial charge is 0.270 e. The van der Waals surface area contributed by atoms with E-state index in [4.69, 9.17) is 4.74 Å². The van der Waals surface area contributed by atoms with Gasteiger partial charge in [-0.1, -0.05) is 0 Å². The van der Waals surface area contributed by atoms with Gasteiger partial charge in [-0.2, -0.15) is 0 Å². The van der Waals surface area contributed by atoms with Gasteiger partial charge in [0.15, 0.2) is 0 Å². The van der Waals surface area contributed by atoms with E-state index < -0.39 is 0 Å². The first kappa shape index (κ1) is 13.2. The number of ether oxygens (including phenoxy) is 1. The second-order valence-electron chi connectivity index (χ2n) is 5.20. The Kier molecular flexibility index (Phi) is 3.73. The Morgan fingerprint density at radius 1 is 1.20 bits per heavy atom. The molecule has 108 valence electrons. The van der Waals surface area contributed by atoms with Gasteiger partial charge in [0.1, 0.15) is 11.8 Å². The van der Waals surface area contributed by atoms with E-state index in [1.807, 2.05) is 11.0 Å². The van der Waals surface area contributed by atoms with Crippen LogP contribution in [-0.2, 0) is 9.53 Å². The zero-order chi connectivity index (χ0) is 13.9. The van der Waals surface area contributed by atoms with Crippen LogP contribution in [0.15, 0.2) is 18.3 Å². The predicted octanol–water partition coefficient (Wildman–Crippen LogP) is 0.478. The number of H-pyrrole nitrogens is 1. The van der Waals surface area contributed by atoms with Crippen LogP contribution in [0.4, 0.5) is 0 Å². The van der Waals surface area contributed by atoms with Crippen LogP contribution in [-0.4, -0.2) is 65.5 Å². The van der Waals surface area contributed by atoms with Gasteiger partial charge in [0.2, 0.25) is 0 Å². The third-order valence-corrected chi connectivity index (χ3v) is 3.91. The molecule has 0 spiro atoms. The predicted molar refractivity (Wildman–Crippen MR) is 72.3 cm³/mol. The molecule has 0 aliphatic carbocycles. The molecule has 1 atom stereocenters. The highest BCUT2D eigenvalue weighted by Gasteiger charge is 2.31. The lowest BCUT2D eigenvalue weighted by atomic mass is 10.2. The maximum absolute atomic E-state index is 12.2. The molecule has 1 aromatic rings. The molecular weight excluding hydrogens is 258 g/mol. The van der Waals surface area contributed by atoms with Crippen LogP contribution < -0.4 is 0 Å². The van der Waals surface area contributed by atoms with E-state index in [1.165, 1.54) is 0 Å². The van der Waals surface area contributed by atoms with Crippen molar-refractivity contribution in [2.75, 3.05) is 32.8 Å². The molecule has 2 fully saturated rings. The summed E-state index contributed by atoms with van der Waals surface area (Å²) in [7, 11) is 0. The second kappa shape index (κ2) is 5.66. The number of piperazine rings is 1. The van der Waals surface area contributed by atoms with Crippen molar-refractivity contribution in [2.24, 2.45) is 0 Å². The van der Waals surface area contributed by atoms with Crippen molar-refractivity contribution in [3.05, 3.63) is 24.0 Å². The fourth-order valence-electron chi connectivity index (χ4n) is 2.74. The molecule has 3 heterocycles. The number of aromatic amines is 1. The molecule has 1 unspecified atom stereocenters. The van der Waals surface area contributed by atoms with Gasteiger partial charge in [0.05, 0.1) is 0 Å². The Labute approximate surface area is 117 Å². The van der Waals surface area contributed by atoms with Crippen LogP contribution >= 0.6 is 0 Å². The molecule has 2 amide bonds. The number of aromatic nitrogens is 1. The van der Waals surface area contributed by atoms with Crippen molar-refractivity contribution in [2.45, 2.75) is 18.9 Å². The number of amides is 2. The van der Waals surface area contributed by atoms with Crippen LogP contribution in [0, 0.1) is 0 Å². The number of nitrogens with one attached hydrogen (secondary N) is 1. The average Bonchev–Trinajstić information content (AvgIpc) is 3.18. The summed E-state index contributed by atoms with van der Waals surface area (Å²) in [6.07, 6.45) is 3.26. The standard InChI is InChI=1S/C14H19N3O3/c18-13(11-3-1-5-15-11)16-6-8-17(9-7-16)14(19)12-4-2-10-20-12/h1,3,5,12,15H,2,4,6-10H2. The number of hydrogen-bond acceptors (Lipinski definition) is 3. The molecule has 3 rings (SSSR count). The van der Waals surface area contributed by atoms with Gasteiger partial charge < -0.3 is 19.5 Å². The lowest BCUT2D eigenvalue weighted by Crippen LogP contribution is -2.52. The van der Waals surface area contributed by atoms with E-state index in [0.29, 0.717) is 38.5 Å². The quantitative estimate of drug-likeness (QED) is 0.855. The Hall–Kier alpha value is -1.82. The molecule has 20 heavy (non-hydrogen) atoms. The number of carbonyl (C=O) groups is 2. The van der Waals surface area contributed by atoms with Gasteiger partial charge in [-0.15, -0.1) is 0 Å². The van der Waals surface area contributed by atoms with Gasteiger partial charge in [-0.3, -0.25) is 9.59 Å². The van der Waals surface area contributed by atoms with Crippen LogP contribution in [0.5, 0.6) is 0 Å². The van der Waals surface area contributed by atoms with Crippen molar-refractivity contribution >= 4 is 11.8 Å². The lowest BCUT2D eigenvalue weighted by Gasteiger charge is -2.35. The normalized spacial score (nSPS) is 23.1. The Bertz CT molecular complexity index is 472. The minimum Gasteiger partial charge on any atom is -0.368 e. The Morgan fingerprint density at radius 3 is 2.55 bits per heavy atom. The van der Waals surface area contributed by atoms with Gasteiger partial charge in [-0.25, -0.2) is 0 Å². The first-order valence-electron chi connectivity index (χ1n) is 7.09. The molecule has 6 nitrogen and oxygen atoms in total. The molecule has 6 heteroatoms. The maximum atomic E-state index is 12.2. The van der Waals surface area contributed by atoms with E-state index in [-0.39, 0.29) is 17.9 Å². The average molecular weight is 277 g/mol. The molecule has 0 saturated carbocycles. The van der Waals surface area contributed by atoms with Crippen LogP contribution in [0.1, 0.15) is 23.3 Å². The summed E-state index contributed by atoms with van der Waals surface area (Å²) in [5.74, 6) is 0.0775. The molecule has 2 aliphatic rings. The molecular formula is C14H19N3O3. The van der Waals surface area contributed by atoms with Crippen molar-refractivity contribution in [1.29, 1.82) is 0 Å². The third kappa shape index (κ3) is 2.56. The monoisotopic (exact) mass is 277 g/mol. The third-order valence-electron chi connectivity index (χ3n) is 3.91. The van der Waals surface area contributed by atoms with Crippen LogP contribution in [0.25, 0.3) is 0 Å². The van der Waals surface area contributed by atoms with E-state index in [2.05, 4.69) is 4.98 Å². The molecule has 1 N–H and O–H groups in total. The first-order valence-corrected chi connectivity index (χ1v) is 7.09. The highest BCUT2D eigenvalue weighted by molar-refractivity contribution is 5.92. The molecule has 0 aromatic carbocycles.